The topological polar surface area (TPSA) is 63.7 Å². The van der Waals surface area contributed by atoms with Crippen LogP contribution in [0.25, 0.3) is 0 Å². The molecular formula is C18H14BrNO4. The van der Waals surface area contributed by atoms with Crippen LogP contribution in [0.1, 0.15) is 16.8 Å². The second-order valence-corrected chi connectivity index (χ2v) is 6.37. The fourth-order valence-corrected chi connectivity index (χ4v) is 2.86. The Balaban J connectivity index is 1.72. The third-order valence-electron chi connectivity index (χ3n) is 3.85. The van der Waals surface area contributed by atoms with E-state index in [1.165, 1.54) is 0 Å². The van der Waals surface area contributed by atoms with Crippen molar-refractivity contribution < 1.29 is 19.1 Å². The maximum atomic E-state index is 12.3. The van der Waals surface area contributed by atoms with Crippen molar-refractivity contribution in [3.8, 4) is 5.75 Å². The Hall–Kier alpha value is -2.47. The molecule has 0 unspecified atom stereocenters. The van der Waals surface area contributed by atoms with E-state index >= 15 is 0 Å². The maximum Gasteiger partial charge on any atom is 0.316 e. The van der Waals surface area contributed by atoms with Crippen molar-refractivity contribution in [2.24, 2.45) is 5.92 Å². The van der Waals surface area contributed by atoms with Gasteiger partial charge in [-0.05, 0) is 36.4 Å². The molecule has 0 aromatic heterocycles. The third kappa shape index (κ3) is 3.38. The Morgan fingerprint density at radius 3 is 2.58 bits per heavy atom. The molecule has 1 atom stereocenters. The molecule has 2 aromatic carbocycles. The molecule has 0 spiro atoms. The predicted molar refractivity (Wildman–Crippen MR) is 92.1 cm³/mol. The molecule has 3 rings (SSSR count). The van der Waals surface area contributed by atoms with Gasteiger partial charge < -0.3 is 9.64 Å². The molecule has 1 aliphatic rings. The van der Waals surface area contributed by atoms with Crippen molar-refractivity contribution in [3.63, 3.8) is 0 Å². The summed E-state index contributed by atoms with van der Waals surface area (Å²) in [7, 11) is 0. The maximum absolute atomic E-state index is 12.3. The Labute approximate surface area is 147 Å². The van der Waals surface area contributed by atoms with Crippen LogP contribution in [0.3, 0.4) is 0 Å². The van der Waals surface area contributed by atoms with Gasteiger partial charge in [0.05, 0.1) is 11.5 Å². The second-order valence-electron chi connectivity index (χ2n) is 5.46. The van der Waals surface area contributed by atoms with Gasteiger partial charge in [0.1, 0.15) is 5.75 Å². The lowest BCUT2D eigenvalue weighted by Crippen LogP contribution is -2.27. The van der Waals surface area contributed by atoms with E-state index in [1.807, 2.05) is 24.3 Å². The number of benzene rings is 2. The highest BCUT2D eigenvalue weighted by molar-refractivity contribution is 9.10. The van der Waals surface area contributed by atoms with E-state index in [-0.39, 0.29) is 24.6 Å². The molecule has 122 valence electrons. The molecule has 24 heavy (non-hydrogen) atoms. The van der Waals surface area contributed by atoms with Crippen molar-refractivity contribution in [3.05, 3.63) is 58.6 Å². The Morgan fingerprint density at radius 2 is 1.88 bits per heavy atom. The summed E-state index contributed by atoms with van der Waals surface area (Å²) in [4.78, 5) is 37.1. The minimum atomic E-state index is -0.555. The van der Waals surface area contributed by atoms with Crippen molar-refractivity contribution in [1.29, 1.82) is 0 Å². The molecule has 6 heteroatoms. The number of ether oxygens (including phenoxy) is 1. The number of rotatable bonds is 4. The molecule has 5 nitrogen and oxygen atoms in total. The fraction of sp³-hybridized carbons (Fsp3) is 0.167. The van der Waals surface area contributed by atoms with E-state index in [2.05, 4.69) is 15.9 Å². The van der Waals surface area contributed by atoms with Crippen LogP contribution < -0.4 is 9.64 Å². The van der Waals surface area contributed by atoms with E-state index in [4.69, 9.17) is 4.74 Å². The summed E-state index contributed by atoms with van der Waals surface area (Å²) in [6.07, 6.45) is 0.731. The SMILES string of the molecule is O=Cc1ccccc1OC(=O)[C@H]1CC(=O)N(c2ccc(Br)cc2)C1. The lowest BCUT2D eigenvalue weighted by molar-refractivity contribution is -0.139. The Morgan fingerprint density at radius 1 is 1.17 bits per heavy atom. The first-order chi connectivity index (χ1) is 11.6. The standard InChI is InChI=1S/C18H14BrNO4/c19-14-5-7-15(8-6-14)20-10-13(9-17(20)22)18(23)24-16-4-2-1-3-12(16)11-21/h1-8,11,13H,9-10H2/t13-/m0/s1. The molecular weight excluding hydrogens is 374 g/mol. The van der Waals surface area contributed by atoms with E-state index in [0.29, 0.717) is 11.8 Å². The molecule has 2 aromatic rings. The highest BCUT2D eigenvalue weighted by atomic mass is 79.9. The van der Waals surface area contributed by atoms with Gasteiger partial charge in [0, 0.05) is 23.1 Å². The van der Waals surface area contributed by atoms with E-state index in [1.54, 1.807) is 29.2 Å². The van der Waals surface area contributed by atoms with Gasteiger partial charge in [-0.3, -0.25) is 14.4 Å². The largest absolute Gasteiger partial charge is 0.425 e. The summed E-state index contributed by atoms with van der Waals surface area (Å²) in [6.45, 7) is 0.266. The normalized spacial score (nSPS) is 17.0. The molecule has 1 fully saturated rings. The number of hydrogen-bond acceptors (Lipinski definition) is 4. The summed E-state index contributed by atoms with van der Waals surface area (Å²) in [6, 6.07) is 13.8. The van der Waals surface area contributed by atoms with Crippen molar-refractivity contribution >= 4 is 39.8 Å². The Kier molecular flexibility index (Phi) is 4.76. The number of nitrogens with zero attached hydrogens (tertiary/aromatic N) is 1. The molecule has 0 saturated carbocycles. The van der Waals surface area contributed by atoms with Gasteiger partial charge in [-0.25, -0.2) is 0 Å². The third-order valence-corrected chi connectivity index (χ3v) is 4.38. The smallest absolute Gasteiger partial charge is 0.316 e. The van der Waals surface area contributed by atoms with Crippen LogP contribution in [0.4, 0.5) is 5.69 Å². The first-order valence-corrected chi connectivity index (χ1v) is 8.19. The van der Waals surface area contributed by atoms with Crippen molar-refractivity contribution in [2.75, 3.05) is 11.4 Å². The van der Waals surface area contributed by atoms with Gasteiger partial charge in [0.15, 0.2) is 6.29 Å². The van der Waals surface area contributed by atoms with E-state index < -0.39 is 11.9 Å². The van der Waals surface area contributed by atoms with Crippen LogP contribution in [0.15, 0.2) is 53.0 Å². The van der Waals surface area contributed by atoms with E-state index in [9.17, 15) is 14.4 Å². The molecule has 1 heterocycles. The highest BCUT2D eigenvalue weighted by Gasteiger charge is 2.36. The van der Waals surface area contributed by atoms with E-state index in [0.717, 1.165) is 10.2 Å². The zero-order valence-corrected chi connectivity index (χ0v) is 14.2. The number of carbonyl (C=O) groups is 3. The van der Waals surface area contributed by atoms with Crippen LogP contribution >= 0.6 is 15.9 Å². The Bertz CT molecular complexity index is 788. The lowest BCUT2D eigenvalue weighted by atomic mass is 10.1. The quantitative estimate of drug-likeness (QED) is 0.459. The number of halogens is 1. The second kappa shape index (κ2) is 6.97. The number of carbonyl (C=O) groups excluding carboxylic acids is 3. The van der Waals surface area contributed by atoms with Crippen molar-refractivity contribution in [2.45, 2.75) is 6.42 Å². The minimum absolute atomic E-state index is 0.0954. The fourth-order valence-electron chi connectivity index (χ4n) is 2.60. The number of aldehydes is 1. The highest BCUT2D eigenvalue weighted by Crippen LogP contribution is 2.28. The van der Waals surface area contributed by atoms with Crippen molar-refractivity contribution in [1.82, 2.24) is 0 Å². The minimum Gasteiger partial charge on any atom is -0.425 e. The summed E-state index contributed by atoms with van der Waals surface area (Å²) < 4.78 is 6.23. The summed E-state index contributed by atoms with van der Waals surface area (Å²) in [5.74, 6) is -0.965. The van der Waals surface area contributed by atoms with Crippen LogP contribution in [0.2, 0.25) is 0 Å². The first-order valence-electron chi connectivity index (χ1n) is 7.40. The zero-order chi connectivity index (χ0) is 17.1. The molecule has 0 radical (unpaired) electrons. The predicted octanol–water partition coefficient (Wildman–Crippen LogP) is 3.22. The van der Waals surface area contributed by atoms with Crippen LogP contribution in [-0.4, -0.2) is 24.7 Å². The molecule has 0 N–H and O–H groups in total. The van der Waals surface area contributed by atoms with Gasteiger partial charge in [-0.15, -0.1) is 0 Å². The van der Waals surface area contributed by atoms with Crippen LogP contribution in [-0.2, 0) is 9.59 Å². The van der Waals surface area contributed by atoms with Crippen LogP contribution in [0.5, 0.6) is 5.75 Å². The number of para-hydroxylation sites is 1. The van der Waals surface area contributed by atoms with Gasteiger partial charge in [-0.2, -0.15) is 0 Å². The first kappa shape index (κ1) is 16.4. The van der Waals surface area contributed by atoms with Gasteiger partial charge in [0.25, 0.3) is 0 Å². The van der Waals surface area contributed by atoms with Gasteiger partial charge >= 0.3 is 5.97 Å². The summed E-state index contributed by atoms with van der Waals surface area (Å²) >= 11 is 3.35. The summed E-state index contributed by atoms with van der Waals surface area (Å²) in [5.41, 5.74) is 1.05. The number of anilines is 1. The zero-order valence-electron chi connectivity index (χ0n) is 12.6. The van der Waals surface area contributed by atoms with Gasteiger partial charge in [-0.1, -0.05) is 28.1 Å². The summed E-state index contributed by atoms with van der Waals surface area (Å²) in [5, 5.41) is 0. The molecule has 0 bridgehead atoms. The number of amides is 1. The molecule has 1 aliphatic heterocycles. The van der Waals surface area contributed by atoms with Gasteiger partial charge in [0.2, 0.25) is 5.91 Å². The molecule has 0 aliphatic carbocycles. The monoisotopic (exact) mass is 387 g/mol. The average molecular weight is 388 g/mol. The molecule has 1 saturated heterocycles. The average Bonchev–Trinajstić information content (AvgIpc) is 2.98. The molecule has 1 amide bonds. The lowest BCUT2D eigenvalue weighted by Gasteiger charge is -2.16. The number of esters is 1. The number of hydrogen-bond donors (Lipinski definition) is 0. The van der Waals surface area contributed by atoms with Crippen LogP contribution in [0, 0.1) is 5.92 Å².